The van der Waals surface area contributed by atoms with E-state index in [1.807, 2.05) is 19.2 Å². The summed E-state index contributed by atoms with van der Waals surface area (Å²) in [6.07, 6.45) is 0.0780. The van der Waals surface area contributed by atoms with Gasteiger partial charge in [-0.3, -0.25) is 9.89 Å². The van der Waals surface area contributed by atoms with E-state index in [4.69, 9.17) is 4.74 Å². The van der Waals surface area contributed by atoms with Crippen molar-refractivity contribution in [3.05, 3.63) is 27.7 Å². The maximum atomic E-state index is 12.3. The highest BCUT2D eigenvalue weighted by Crippen LogP contribution is 2.20. The summed E-state index contributed by atoms with van der Waals surface area (Å²) in [5.74, 6) is 1.42. The molecular formula is C13H17N5O2S. The van der Waals surface area contributed by atoms with E-state index in [1.54, 1.807) is 16.2 Å². The Hall–Kier alpha value is -1.80. The molecule has 1 atom stereocenters. The SMILES string of the molecule is Cc1nc([C@@H]2CN(C(=O)Cc3csc(C)n3)CCO2)n[nH]1. The Morgan fingerprint density at radius 2 is 2.38 bits per heavy atom. The highest BCUT2D eigenvalue weighted by molar-refractivity contribution is 7.09. The molecule has 0 saturated carbocycles. The quantitative estimate of drug-likeness (QED) is 0.915. The predicted molar refractivity (Wildman–Crippen MR) is 76.9 cm³/mol. The van der Waals surface area contributed by atoms with Crippen molar-refractivity contribution < 1.29 is 9.53 Å². The molecule has 3 rings (SSSR count). The van der Waals surface area contributed by atoms with Gasteiger partial charge in [-0.05, 0) is 13.8 Å². The van der Waals surface area contributed by atoms with Gasteiger partial charge >= 0.3 is 0 Å². The molecule has 1 aliphatic heterocycles. The molecule has 1 fully saturated rings. The van der Waals surface area contributed by atoms with E-state index in [0.29, 0.717) is 31.9 Å². The standard InChI is InChI=1S/C13H17N5O2S/c1-8-14-13(17-16-8)11-6-18(3-4-20-11)12(19)5-10-7-21-9(2)15-10/h7,11H,3-6H2,1-2H3,(H,14,16,17)/t11-/m0/s1. The van der Waals surface area contributed by atoms with Crippen LogP contribution >= 0.6 is 11.3 Å². The van der Waals surface area contributed by atoms with Crippen molar-refractivity contribution in [1.82, 2.24) is 25.1 Å². The van der Waals surface area contributed by atoms with Crippen LogP contribution in [-0.2, 0) is 16.0 Å². The Morgan fingerprint density at radius 3 is 3.05 bits per heavy atom. The van der Waals surface area contributed by atoms with Crippen LogP contribution in [0.3, 0.4) is 0 Å². The lowest BCUT2D eigenvalue weighted by molar-refractivity contribution is -0.138. The molecule has 1 amide bonds. The van der Waals surface area contributed by atoms with Crippen LogP contribution in [0.1, 0.15) is 28.5 Å². The minimum absolute atomic E-state index is 0.0702. The normalized spacial score (nSPS) is 19.0. The lowest BCUT2D eigenvalue weighted by Crippen LogP contribution is -2.43. The lowest BCUT2D eigenvalue weighted by Gasteiger charge is -2.31. The molecule has 2 aromatic heterocycles. The van der Waals surface area contributed by atoms with Gasteiger partial charge in [-0.1, -0.05) is 0 Å². The van der Waals surface area contributed by atoms with Crippen molar-refractivity contribution in [3.63, 3.8) is 0 Å². The average molecular weight is 307 g/mol. The van der Waals surface area contributed by atoms with E-state index >= 15 is 0 Å². The Morgan fingerprint density at radius 1 is 1.52 bits per heavy atom. The highest BCUT2D eigenvalue weighted by atomic mass is 32.1. The first-order chi connectivity index (χ1) is 10.1. The van der Waals surface area contributed by atoms with Crippen LogP contribution in [0.15, 0.2) is 5.38 Å². The summed E-state index contributed by atoms with van der Waals surface area (Å²) in [4.78, 5) is 22.8. The van der Waals surface area contributed by atoms with Gasteiger partial charge in [0, 0.05) is 11.9 Å². The van der Waals surface area contributed by atoms with Gasteiger partial charge in [-0.2, -0.15) is 5.10 Å². The summed E-state index contributed by atoms with van der Waals surface area (Å²) in [5, 5.41) is 9.82. The third-order valence-corrected chi connectivity index (χ3v) is 4.14. The first-order valence-electron chi connectivity index (χ1n) is 6.81. The molecule has 1 N–H and O–H groups in total. The molecule has 0 spiro atoms. The molecular weight excluding hydrogens is 290 g/mol. The molecule has 3 heterocycles. The van der Waals surface area contributed by atoms with Crippen LogP contribution in [0.25, 0.3) is 0 Å². The van der Waals surface area contributed by atoms with Crippen LogP contribution in [0, 0.1) is 13.8 Å². The summed E-state index contributed by atoms with van der Waals surface area (Å²) in [5.41, 5.74) is 0.833. The number of hydrogen-bond acceptors (Lipinski definition) is 6. The van der Waals surface area contributed by atoms with Gasteiger partial charge in [0.15, 0.2) is 5.82 Å². The van der Waals surface area contributed by atoms with Gasteiger partial charge in [0.2, 0.25) is 5.91 Å². The summed E-state index contributed by atoms with van der Waals surface area (Å²) in [6.45, 7) is 5.36. The summed E-state index contributed by atoms with van der Waals surface area (Å²) in [6, 6.07) is 0. The van der Waals surface area contributed by atoms with Crippen LogP contribution in [0.5, 0.6) is 0 Å². The number of thiazole rings is 1. The van der Waals surface area contributed by atoms with Gasteiger partial charge < -0.3 is 9.64 Å². The number of aryl methyl sites for hydroxylation is 2. The first kappa shape index (κ1) is 14.2. The number of ether oxygens (including phenoxy) is 1. The number of carbonyl (C=O) groups excluding carboxylic acids is 1. The van der Waals surface area contributed by atoms with E-state index in [9.17, 15) is 4.79 Å². The summed E-state index contributed by atoms with van der Waals surface area (Å²) < 4.78 is 5.66. The van der Waals surface area contributed by atoms with Crippen LogP contribution in [0.2, 0.25) is 0 Å². The molecule has 0 unspecified atom stereocenters. The molecule has 0 bridgehead atoms. The smallest absolute Gasteiger partial charge is 0.228 e. The van der Waals surface area contributed by atoms with E-state index in [-0.39, 0.29) is 12.0 Å². The maximum Gasteiger partial charge on any atom is 0.228 e. The summed E-state index contributed by atoms with van der Waals surface area (Å²) >= 11 is 1.56. The van der Waals surface area contributed by atoms with E-state index in [1.165, 1.54) is 0 Å². The van der Waals surface area contributed by atoms with Crippen LogP contribution < -0.4 is 0 Å². The number of amides is 1. The minimum atomic E-state index is -0.259. The number of H-pyrrole nitrogens is 1. The topological polar surface area (TPSA) is 84.0 Å². The minimum Gasteiger partial charge on any atom is -0.366 e. The second-order valence-electron chi connectivity index (χ2n) is 5.01. The van der Waals surface area contributed by atoms with Gasteiger partial charge in [-0.15, -0.1) is 11.3 Å². The van der Waals surface area contributed by atoms with Gasteiger partial charge in [0.1, 0.15) is 11.9 Å². The second-order valence-corrected chi connectivity index (χ2v) is 6.08. The van der Waals surface area contributed by atoms with Gasteiger partial charge in [0.05, 0.1) is 30.3 Å². The number of morpholine rings is 1. The van der Waals surface area contributed by atoms with Crippen molar-refractivity contribution in [2.45, 2.75) is 26.4 Å². The van der Waals surface area contributed by atoms with Crippen molar-refractivity contribution in [1.29, 1.82) is 0 Å². The molecule has 1 saturated heterocycles. The summed E-state index contributed by atoms with van der Waals surface area (Å²) in [7, 11) is 0. The molecule has 1 aliphatic rings. The number of nitrogens with one attached hydrogen (secondary N) is 1. The molecule has 112 valence electrons. The zero-order valence-corrected chi connectivity index (χ0v) is 12.8. The molecule has 0 aliphatic carbocycles. The van der Waals surface area contributed by atoms with Gasteiger partial charge in [-0.25, -0.2) is 9.97 Å². The zero-order valence-electron chi connectivity index (χ0n) is 12.0. The fraction of sp³-hybridized carbons (Fsp3) is 0.538. The number of nitrogens with zero attached hydrogens (tertiary/aromatic N) is 4. The van der Waals surface area contributed by atoms with E-state index in [2.05, 4.69) is 20.2 Å². The second kappa shape index (κ2) is 5.90. The van der Waals surface area contributed by atoms with Crippen molar-refractivity contribution in [2.24, 2.45) is 0 Å². The molecule has 2 aromatic rings. The molecule has 21 heavy (non-hydrogen) atoms. The number of hydrogen-bond donors (Lipinski definition) is 1. The maximum absolute atomic E-state index is 12.3. The van der Waals surface area contributed by atoms with Crippen molar-refractivity contribution in [3.8, 4) is 0 Å². The fourth-order valence-corrected chi connectivity index (χ4v) is 2.90. The predicted octanol–water partition coefficient (Wildman–Crippen LogP) is 1.02. The van der Waals surface area contributed by atoms with Crippen molar-refractivity contribution >= 4 is 17.2 Å². The lowest BCUT2D eigenvalue weighted by atomic mass is 10.2. The highest BCUT2D eigenvalue weighted by Gasteiger charge is 2.28. The molecule has 7 nitrogen and oxygen atoms in total. The largest absolute Gasteiger partial charge is 0.366 e. The molecule has 8 heteroatoms. The molecule has 0 radical (unpaired) electrons. The van der Waals surface area contributed by atoms with Gasteiger partial charge in [0.25, 0.3) is 0 Å². The number of aromatic nitrogens is 4. The van der Waals surface area contributed by atoms with Crippen LogP contribution in [0.4, 0.5) is 0 Å². The Balaban J connectivity index is 1.64. The number of carbonyl (C=O) groups is 1. The zero-order chi connectivity index (χ0) is 14.8. The number of aromatic amines is 1. The third kappa shape index (κ3) is 3.27. The molecule has 0 aromatic carbocycles. The third-order valence-electron chi connectivity index (χ3n) is 3.32. The Kier molecular flexibility index (Phi) is 3.98. The Bertz CT molecular complexity index is 638. The fourth-order valence-electron chi connectivity index (χ4n) is 2.29. The first-order valence-corrected chi connectivity index (χ1v) is 7.69. The van der Waals surface area contributed by atoms with Crippen molar-refractivity contribution in [2.75, 3.05) is 19.7 Å². The number of rotatable bonds is 3. The van der Waals surface area contributed by atoms with Crippen LogP contribution in [-0.4, -0.2) is 50.7 Å². The Labute approximate surface area is 126 Å². The van der Waals surface area contributed by atoms with E-state index in [0.717, 1.165) is 16.5 Å². The monoisotopic (exact) mass is 307 g/mol. The average Bonchev–Trinajstić information content (AvgIpc) is 3.08. The van der Waals surface area contributed by atoms with E-state index < -0.39 is 0 Å².